The number of hydrogen-bond acceptors (Lipinski definition) is 3. The minimum atomic E-state index is 0.211. The van der Waals surface area contributed by atoms with Crippen LogP contribution in [0.3, 0.4) is 0 Å². The molecule has 2 N–H and O–H groups in total. The lowest BCUT2D eigenvalue weighted by atomic mass is 10.2. The zero-order valence-corrected chi connectivity index (χ0v) is 8.95. The van der Waals surface area contributed by atoms with Crippen molar-refractivity contribution >= 4 is 17.7 Å². The van der Waals surface area contributed by atoms with Crippen LogP contribution >= 0.6 is 11.8 Å². The highest BCUT2D eigenvalue weighted by Gasteiger charge is 2.16. The van der Waals surface area contributed by atoms with E-state index < -0.39 is 0 Å². The molecule has 1 heterocycles. The quantitative estimate of drug-likeness (QED) is 0.642. The number of rotatable bonds is 5. The minimum absolute atomic E-state index is 0.211. The van der Waals surface area contributed by atoms with E-state index in [9.17, 15) is 4.79 Å². The topological polar surface area (TPSA) is 41.1 Å². The summed E-state index contributed by atoms with van der Waals surface area (Å²) in [5.74, 6) is 2.50. The summed E-state index contributed by atoms with van der Waals surface area (Å²) < 4.78 is 0. The van der Waals surface area contributed by atoms with Crippen LogP contribution in [0.4, 0.5) is 0 Å². The molecule has 0 aliphatic carbocycles. The van der Waals surface area contributed by atoms with Crippen molar-refractivity contribution in [3.63, 3.8) is 0 Å². The van der Waals surface area contributed by atoms with Crippen molar-refractivity contribution in [2.24, 2.45) is 0 Å². The van der Waals surface area contributed by atoms with Crippen LogP contribution in [0.2, 0.25) is 0 Å². The average Bonchev–Trinajstić information content (AvgIpc) is 2.57. The van der Waals surface area contributed by atoms with Gasteiger partial charge in [0.15, 0.2) is 0 Å². The van der Waals surface area contributed by atoms with Gasteiger partial charge in [0.2, 0.25) is 5.91 Å². The summed E-state index contributed by atoms with van der Waals surface area (Å²) in [6.07, 6.45) is 2.73. The zero-order chi connectivity index (χ0) is 9.52. The first kappa shape index (κ1) is 10.9. The maximum Gasteiger partial charge on any atom is 0.220 e. The highest BCUT2D eigenvalue weighted by atomic mass is 32.2. The summed E-state index contributed by atoms with van der Waals surface area (Å²) in [5, 5.41) is 6.08. The van der Waals surface area contributed by atoms with E-state index in [4.69, 9.17) is 0 Å². The first-order valence-corrected chi connectivity index (χ1v) is 6.00. The van der Waals surface area contributed by atoms with Gasteiger partial charge in [0, 0.05) is 18.2 Å². The summed E-state index contributed by atoms with van der Waals surface area (Å²) >= 11 is 1.93. The van der Waals surface area contributed by atoms with Gasteiger partial charge < -0.3 is 10.6 Å². The third-order valence-electron chi connectivity index (χ3n) is 2.13. The lowest BCUT2D eigenvalue weighted by Crippen LogP contribution is -2.34. The van der Waals surface area contributed by atoms with Gasteiger partial charge in [-0.3, -0.25) is 4.79 Å². The number of carbonyl (C=O) groups excluding carboxylic acids is 1. The Kier molecular flexibility index (Phi) is 5.23. The van der Waals surface area contributed by atoms with Gasteiger partial charge in [-0.05, 0) is 32.2 Å². The molecule has 0 saturated carbocycles. The van der Waals surface area contributed by atoms with Crippen molar-refractivity contribution in [3.8, 4) is 0 Å². The van der Waals surface area contributed by atoms with Crippen LogP contribution in [-0.4, -0.2) is 37.0 Å². The normalized spacial score (nSPS) is 21.8. The summed E-state index contributed by atoms with van der Waals surface area (Å²) in [6, 6.07) is 0.437. The Labute approximate surface area is 84.0 Å². The van der Waals surface area contributed by atoms with Crippen LogP contribution < -0.4 is 10.6 Å². The molecule has 1 aliphatic rings. The lowest BCUT2D eigenvalue weighted by molar-refractivity contribution is -0.121. The van der Waals surface area contributed by atoms with E-state index in [1.165, 1.54) is 5.75 Å². The molecule has 1 aliphatic heterocycles. The maximum atomic E-state index is 11.3. The van der Waals surface area contributed by atoms with E-state index in [0.29, 0.717) is 12.5 Å². The van der Waals surface area contributed by atoms with Gasteiger partial charge in [-0.1, -0.05) is 0 Å². The van der Waals surface area contributed by atoms with Crippen LogP contribution in [0.15, 0.2) is 0 Å². The average molecular weight is 202 g/mol. The number of carbonyl (C=O) groups is 1. The van der Waals surface area contributed by atoms with Gasteiger partial charge in [0.1, 0.15) is 0 Å². The smallest absolute Gasteiger partial charge is 0.220 e. The molecule has 0 aromatic heterocycles. The van der Waals surface area contributed by atoms with Gasteiger partial charge in [0.05, 0.1) is 0 Å². The second-order valence-corrected chi connectivity index (χ2v) is 4.48. The second kappa shape index (κ2) is 6.27. The predicted octanol–water partition coefficient (Wildman–Crippen LogP) is 0.608. The van der Waals surface area contributed by atoms with Crippen molar-refractivity contribution < 1.29 is 4.79 Å². The first-order chi connectivity index (χ1) is 6.33. The Morgan fingerprint density at radius 1 is 1.62 bits per heavy atom. The van der Waals surface area contributed by atoms with E-state index in [1.54, 1.807) is 0 Å². The molecule has 1 atom stereocenters. The van der Waals surface area contributed by atoms with E-state index in [0.717, 1.165) is 25.1 Å². The van der Waals surface area contributed by atoms with Crippen molar-refractivity contribution in [1.29, 1.82) is 0 Å². The van der Waals surface area contributed by atoms with Crippen LogP contribution in [0.5, 0.6) is 0 Å². The fourth-order valence-corrected chi connectivity index (χ4v) is 2.53. The van der Waals surface area contributed by atoms with Crippen LogP contribution in [0, 0.1) is 0 Å². The molecule has 76 valence electrons. The van der Waals surface area contributed by atoms with Gasteiger partial charge >= 0.3 is 0 Å². The largest absolute Gasteiger partial charge is 0.353 e. The van der Waals surface area contributed by atoms with Crippen LogP contribution in [0.1, 0.15) is 19.3 Å². The summed E-state index contributed by atoms with van der Waals surface area (Å²) in [5.41, 5.74) is 0. The molecular formula is C9H18N2OS. The van der Waals surface area contributed by atoms with E-state index in [1.807, 2.05) is 18.8 Å². The SMILES string of the molecule is CNCCCC(=O)NC1CCSC1. The van der Waals surface area contributed by atoms with Crippen molar-refractivity contribution in [1.82, 2.24) is 10.6 Å². The molecule has 0 radical (unpaired) electrons. The molecule has 0 bridgehead atoms. The summed E-state index contributed by atoms with van der Waals surface area (Å²) in [7, 11) is 1.91. The zero-order valence-electron chi connectivity index (χ0n) is 8.14. The summed E-state index contributed by atoms with van der Waals surface area (Å²) in [6.45, 7) is 0.923. The molecule has 13 heavy (non-hydrogen) atoms. The van der Waals surface area contributed by atoms with Crippen molar-refractivity contribution in [3.05, 3.63) is 0 Å². The fraction of sp³-hybridized carbons (Fsp3) is 0.889. The first-order valence-electron chi connectivity index (χ1n) is 4.84. The maximum absolute atomic E-state index is 11.3. The minimum Gasteiger partial charge on any atom is -0.353 e. The molecule has 3 nitrogen and oxygen atoms in total. The third kappa shape index (κ3) is 4.52. The van der Waals surface area contributed by atoms with E-state index >= 15 is 0 Å². The van der Waals surface area contributed by atoms with Crippen molar-refractivity contribution in [2.45, 2.75) is 25.3 Å². The van der Waals surface area contributed by atoms with E-state index in [-0.39, 0.29) is 5.91 Å². The number of nitrogens with one attached hydrogen (secondary N) is 2. The Bertz CT molecular complexity index is 158. The highest BCUT2D eigenvalue weighted by Crippen LogP contribution is 2.16. The molecule has 4 heteroatoms. The third-order valence-corrected chi connectivity index (χ3v) is 3.29. The van der Waals surface area contributed by atoms with E-state index in [2.05, 4.69) is 10.6 Å². The Balaban J connectivity index is 2.02. The molecule has 1 rings (SSSR count). The Hall–Kier alpha value is -0.220. The van der Waals surface area contributed by atoms with Gasteiger partial charge in [-0.2, -0.15) is 11.8 Å². The highest BCUT2D eigenvalue weighted by molar-refractivity contribution is 7.99. The molecule has 1 amide bonds. The molecule has 1 saturated heterocycles. The second-order valence-electron chi connectivity index (χ2n) is 3.34. The summed E-state index contributed by atoms with van der Waals surface area (Å²) in [4.78, 5) is 11.3. The fourth-order valence-electron chi connectivity index (χ4n) is 1.37. The lowest BCUT2D eigenvalue weighted by Gasteiger charge is -2.10. The molecule has 1 unspecified atom stereocenters. The predicted molar refractivity (Wildman–Crippen MR) is 57.0 cm³/mol. The van der Waals surface area contributed by atoms with Crippen LogP contribution in [0.25, 0.3) is 0 Å². The molecule has 0 aromatic rings. The standard InChI is InChI=1S/C9H18N2OS/c1-10-5-2-3-9(12)11-8-4-6-13-7-8/h8,10H,2-7H2,1H3,(H,11,12). The molecule has 0 spiro atoms. The number of amides is 1. The molecule has 0 aromatic carbocycles. The van der Waals surface area contributed by atoms with Gasteiger partial charge in [-0.15, -0.1) is 0 Å². The molecular weight excluding hydrogens is 184 g/mol. The molecule has 1 fully saturated rings. The number of thioether (sulfide) groups is 1. The van der Waals surface area contributed by atoms with Gasteiger partial charge in [0.25, 0.3) is 0 Å². The number of hydrogen-bond donors (Lipinski definition) is 2. The van der Waals surface area contributed by atoms with Crippen LogP contribution in [-0.2, 0) is 4.79 Å². The van der Waals surface area contributed by atoms with Gasteiger partial charge in [-0.25, -0.2) is 0 Å². The monoisotopic (exact) mass is 202 g/mol. The Morgan fingerprint density at radius 3 is 3.08 bits per heavy atom. The van der Waals surface area contributed by atoms with Crippen molar-refractivity contribution in [2.75, 3.05) is 25.1 Å². The Morgan fingerprint density at radius 2 is 2.46 bits per heavy atom.